The van der Waals surface area contributed by atoms with Crippen LogP contribution in [0.4, 0.5) is 5.69 Å². The molecule has 0 spiro atoms. The van der Waals surface area contributed by atoms with E-state index in [0.717, 1.165) is 39.6 Å². The van der Waals surface area contributed by atoms with Crippen molar-refractivity contribution in [3.05, 3.63) is 99.1 Å². The van der Waals surface area contributed by atoms with Crippen molar-refractivity contribution >= 4 is 23.2 Å². The second-order valence-corrected chi connectivity index (χ2v) is 8.36. The van der Waals surface area contributed by atoms with Crippen molar-refractivity contribution in [2.75, 3.05) is 5.32 Å². The molecule has 2 heterocycles. The summed E-state index contributed by atoms with van der Waals surface area (Å²) < 4.78 is 3.78. The van der Waals surface area contributed by atoms with Gasteiger partial charge in [0.05, 0.1) is 46.6 Å². The fourth-order valence-electron chi connectivity index (χ4n) is 3.79. The smallest absolute Gasteiger partial charge is 0.255 e. The minimum Gasteiger partial charge on any atom is -0.319 e. The minimum atomic E-state index is -0.163. The van der Waals surface area contributed by atoms with E-state index in [-0.39, 0.29) is 5.91 Å². The van der Waals surface area contributed by atoms with E-state index in [9.17, 15) is 4.79 Å². The Hall–Kier alpha value is -3.38. The standard InChI is InChI=1S/C25H26ClN5O/c1-16-23(26)18(3)30(28-16)15-21-11-8-12-22(13-21)25(32)27-24-17(2)29-31(19(24)4)14-20-9-6-5-7-10-20/h5-13H,14-15H2,1-4H3,(H,27,32). The van der Waals surface area contributed by atoms with Crippen molar-refractivity contribution in [2.24, 2.45) is 0 Å². The van der Waals surface area contributed by atoms with Gasteiger partial charge in [-0.1, -0.05) is 54.1 Å². The van der Waals surface area contributed by atoms with Crippen molar-refractivity contribution in [3.63, 3.8) is 0 Å². The minimum absolute atomic E-state index is 0.163. The van der Waals surface area contributed by atoms with Crippen LogP contribution in [0.1, 0.15) is 44.3 Å². The van der Waals surface area contributed by atoms with Crippen LogP contribution in [-0.4, -0.2) is 25.5 Å². The van der Waals surface area contributed by atoms with Gasteiger partial charge < -0.3 is 5.32 Å². The number of carbonyl (C=O) groups is 1. The van der Waals surface area contributed by atoms with E-state index in [1.165, 1.54) is 0 Å². The summed E-state index contributed by atoms with van der Waals surface area (Å²) in [6.07, 6.45) is 0. The maximum atomic E-state index is 13.0. The monoisotopic (exact) mass is 447 g/mol. The average molecular weight is 448 g/mol. The van der Waals surface area contributed by atoms with Crippen LogP contribution in [0.15, 0.2) is 54.6 Å². The molecule has 4 aromatic rings. The molecule has 0 aliphatic carbocycles. The van der Waals surface area contributed by atoms with E-state index in [4.69, 9.17) is 11.6 Å². The van der Waals surface area contributed by atoms with Gasteiger partial charge in [-0.25, -0.2) is 0 Å². The number of amides is 1. The van der Waals surface area contributed by atoms with E-state index in [2.05, 4.69) is 27.6 Å². The lowest BCUT2D eigenvalue weighted by atomic mass is 10.1. The van der Waals surface area contributed by atoms with Gasteiger partial charge in [-0.3, -0.25) is 14.2 Å². The van der Waals surface area contributed by atoms with E-state index < -0.39 is 0 Å². The summed E-state index contributed by atoms with van der Waals surface area (Å²) in [5, 5.41) is 12.8. The lowest BCUT2D eigenvalue weighted by Gasteiger charge is -2.09. The Kier molecular flexibility index (Phi) is 6.15. The van der Waals surface area contributed by atoms with Crippen LogP contribution < -0.4 is 5.32 Å². The molecule has 2 aromatic carbocycles. The van der Waals surface area contributed by atoms with Crippen molar-refractivity contribution in [1.82, 2.24) is 19.6 Å². The molecule has 0 aliphatic rings. The summed E-state index contributed by atoms with van der Waals surface area (Å²) in [5.74, 6) is -0.163. The van der Waals surface area contributed by atoms with Gasteiger partial charge in [0.1, 0.15) is 0 Å². The number of hydrogen-bond acceptors (Lipinski definition) is 3. The Morgan fingerprint density at radius 2 is 1.47 bits per heavy atom. The molecule has 0 saturated heterocycles. The number of benzene rings is 2. The maximum Gasteiger partial charge on any atom is 0.255 e. The molecule has 0 fully saturated rings. The molecule has 6 nitrogen and oxygen atoms in total. The average Bonchev–Trinajstić information content (AvgIpc) is 3.18. The number of carbonyl (C=O) groups excluding carboxylic acids is 1. The fraction of sp³-hybridized carbons (Fsp3) is 0.240. The molecule has 0 atom stereocenters. The Morgan fingerprint density at radius 3 is 2.16 bits per heavy atom. The number of anilines is 1. The summed E-state index contributed by atoms with van der Waals surface area (Å²) >= 11 is 6.26. The second kappa shape index (κ2) is 9.01. The lowest BCUT2D eigenvalue weighted by molar-refractivity contribution is 0.102. The molecule has 0 radical (unpaired) electrons. The van der Waals surface area contributed by atoms with Gasteiger partial charge in [-0.2, -0.15) is 10.2 Å². The Bertz CT molecular complexity index is 1270. The molecule has 0 saturated carbocycles. The van der Waals surface area contributed by atoms with Gasteiger partial charge in [0.25, 0.3) is 5.91 Å². The van der Waals surface area contributed by atoms with E-state index >= 15 is 0 Å². The summed E-state index contributed by atoms with van der Waals surface area (Å²) in [4.78, 5) is 13.0. The highest BCUT2D eigenvalue weighted by Gasteiger charge is 2.16. The molecule has 32 heavy (non-hydrogen) atoms. The summed E-state index contributed by atoms with van der Waals surface area (Å²) in [6.45, 7) is 8.92. The molecule has 164 valence electrons. The summed E-state index contributed by atoms with van der Waals surface area (Å²) in [7, 11) is 0. The van der Waals surface area contributed by atoms with Gasteiger partial charge in [-0.15, -0.1) is 0 Å². The molecule has 0 aliphatic heterocycles. The largest absolute Gasteiger partial charge is 0.319 e. The molecule has 7 heteroatoms. The SMILES string of the molecule is Cc1nn(Cc2cccc(C(=O)Nc3c(C)nn(Cc4ccccc4)c3C)c2)c(C)c1Cl. The lowest BCUT2D eigenvalue weighted by Crippen LogP contribution is -2.14. The molecule has 0 bridgehead atoms. The quantitative estimate of drug-likeness (QED) is 0.435. The van der Waals surface area contributed by atoms with Crippen LogP contribution in [-0.2, 0) is 13.1 Å². The molecule has 2 aromatic heterocycles. The number of aryl methyl sites for hydroxylation is 2. The highest BCUT2D eigenvalue weighted by Crippen LogP contribution is 2.23. The third-order valence-corrected chi connectivity index (χ3v) is 6.16. The highest BCUT2D eigenvalue weighted by atomic mass is 35.5. The normalized spacial score (nSPS) is 11.0. The predicted molar refractivity (Wildman–Crippen MR) is 127 cm³/mol. The third-order valence-electron chi connectivity index (χ3n) is 5.61. The number of hydrogen-bond donors (Lipinski definition) is 1. The number of nitrogens with one attached hydrogen (secondary N) is 1. The number of halogens is 1. The van der Waals surface area contributed by atoms with E-state index in [1.807, 2.05) is 79.5 Å². The summed E-state index contributed by atoms with van der Waals surface area (Å²) in [6, 6.07) is 17.7. The van der Waals surface area contributed by atoms with Gasteiger partial charge in [0.2, 0.25) is 0 Å². The number of nitrogens with zero attached hydrogens (tertiary/aromatic N) is 4. The topological polar surface area (TPSA) is 64.7 Å². The van der Waals surface area contributed by atoms with Crippen molar-refractivity contribution in [2.45, 2.75) is 40.8 Å². The molecular weight excluding hydrogens is 422 g/mol. The Labute approximate surface area is 192 Å². The maximum absolute atomic E-state index is 13.0. The van der Waals surface area contributed by atoms with Crippen LogP contribution in [0, 0.1) is 27.7 Å². The van der Waals surface area contributed by atoms with Crippen molar-refractivity contribution < 1.29 is 4.79 Å². The first-order chi connectivity index (χ1) is 15.3. The van der Waals surface area contributed by atoms with Crippen LogP contribution in [0.25, 0.3) is 0 Å². The number of aromatic nitrogens is 4. The molecule has 4 rings (SSSR count). The molecule has 1 N–H and O–H groups in total. The zero-order valence-corrected chi connectivity index (χ0v) is 19.4. The molecular formula is C25H26ClN5O. The van der Waals surface area contributed by atoms with Gasteiger partial charge in [-0.05, 0) is 51.0 Å². The third kappa shape index (κ3) is 4.46. The van der Waals surface area contributed by atoms with Crippen molar-refractivity contribution in [1.29, 1.82) is 0 Å². The van der Waals surface area contributed by atoms with Crippen LogP contribution in [0.3, 0.4) is 0 Å². The first kappa shape index (κ1) is 21.8. The highest BCUT2D eigenvalue weighted by molar-refractivity contribution is 6.31. The van der Waals surface area contributed by atoms with E-state index in [0.29, 0.717) is 23.7 Å². The Balaban J connectivity index is 1.52. The van der Waals surface area contributed by atoms with E-state index in [1.54, 1.807) is 0 Å². The first-order valence-electron chi connectivity index (χ1n) is 10.5. The number of rotatable bonds is 6. The van der Waals surface area contributed by atoms with Gasteiger partial charge in [0, 0.05) is 5.56 Å². The van der Waals surface area contributed by atoms with Gasteiger partial charge in [0.15, 0.2) is 0 Å². The van der Waals surface area contributed by atoms with Gasteiger partial charge >= 0.3 is 0 Å². The van der Waals surface area contributed by atoms with Crippen LogP contribution >= 0.6 is 11.6 Å². The van der Waals surface area contributed by atoms with Crippen LogP contribution in [0.2, 0.25) is 5.02 Å². The van der Waals surface area contributed by atoms with Crippen LogP contribution in [0.5, 0.6) is 0 Å². The van der Waals surface area contributed by atoms with Crippen molar-refractivity contribution in [3.8, 4) is 0 Å². The summed E-state index contributed by atoms with van der Waals surface area (Å²) in [5.41, 5.74) is 6.91. The molecule has 0 unspecified atom stereocenters. The second-order valence-electron chi connectivity index (χ2n) is 7.99. The molecule has 1 amide bonds. The fourth-order valence-corrected chi connectivity index (χ4v) is 3.92. The first-order valence-corrected chi connectivity index (χ1v) is 10.9. The zero-order valence-electron chi connectivity index (χ0n) is 18.7. The predicted octanol–water partition coefficient (Wildman–Crippen LogP) is 5.32. The zero-order chi connectivity index (χ0) is 22.8. The Morgan fingerprint density at radius 1 is 0.844 bits per heavy atom.